The molecule has 0 spiro atoms. The van der Waals surface area contributed by atoms with Crippen molar-refractivity contribution in [3.63, 3.8) is 0 Å². The topological polar surface area (TPSA) is 41.9 Å². The van der Waals surface area contributed by atoms with Crippen LogP contribution in [0.4, 0.5) is 5.69 Å². The lowest BCUT2D eigenvalue weighted by atomic mass is 9.93. The summed E-state index contributed by atoms with van der Waals surface area (Å²) in [6.45, 7) is 4.10. The average molecular weight is 268 g/mol. The van der Waals surface area contributed by atoms with Crippen molar-refractivity contribution in [2.24, 2.45) is 5.16 Å². The number of aryl methyl sites for hydroxylation is 1. The van der Waals surface area contributed by atoms with E-state index in [0.717, 1.165) is 22.2 Å². The first kappa shape index (κ1) is 12.7. The molecule has 1 aliphatic rings. The van der Waals surface area contributed by atoms with Crippen LogP contribution in [0.3, 0.4) is 0 Å². The molecule has 1 amide bonds. The number of nitrogens with zero attached hydrogens (tertiary/aromatic N) is 2. The summed E-state index contributed by atoms with van der Waals surface area (Å²) in [5.41, 5.74) is 4.44. The smallest absolute Gasteiger partial charge is 0.280 e. The molecule has 4 heteroatoms. The summed E-state index contributed by atoms with van der Waals surface area (Å²) in [4.78, 5) is 18.9. The molecule has 0 unspecified atom stereocenters. The Kier molecular flexibility index (Phi) is 2.74. The predicted molar refractivity (Wildman–Crippen MR) is 80.4 cm³/mol. The van der Waals surface area contributed by atoms with Gasteiger partial charge in [0, 0.05) is 18.0 Å². The maximum atomic E-state index is 12.4. The average Bonchev–Trinajstić information content (AvgIpc) is 2.70. The lowest BCUT2D eigenvalue weighted by Crippen LogP contribution is -2.25. The maximum absolute atomic E-state index is 12.4. The van der Waals surface area contributed by atoms with Gasteiger partial charge in [0.25, 0.3) is 5.91 Å². The normalized spacial score (nSPS) is 16.1. The van der Waals surface area contributed by atoms with E-state index in [9.17, 15) is 4.79 Å². The minimum absolute atomic E-state index is 0.124. The molecule has 0 radical (unpaired) electrons. The zero-order chi connectivity index (χ0) is 14.4. The van der Waals surface area contributed by atoms with Crippen LogP contribution in [-0.2, 0) is 9.63 Å². The first-order valence-corrected chi connectivity index (χ1v) is 6.49. The van der Waals surface area contributed by atoms with Crippen molar-refractivity contribution in [2.45, 2.75) is 13.8 Å². The first-order valence-electron chi connectivity index (χ1n) is 6.49. The first-order chi connectivity index (χ1) is 9.57. The van der Waals surface area contributed by atoms with Gasteiger partial charge in [0.2, 0.25) is 0 Å². The third-order valence-electron chi connectivity index (χ3n) is 4.02. The molecule has 0 atom stereocenters. The summed E-state index contributed by atoms with van der Waals surface area (Å²) >= 11 is 0. The van der Waals surface area contributed by atoms with E-state index in [1.807, 2.05) is 25.1 Å². The van der Waals surface area contributed by atoms with Crippen molar-refractivity contribution >= 4 is 28.1 Å². The summed E-state index contributed by atoms with van der Waals surface area (Å²) in [6.07, 6.45) is 0. The molecule has 102 valence electrons. The minimum Gasteiger partial charge on any atom is -0.398 e. The molecule has 0 aromatic heterocycles. The van der Waals surface area contributed by atoms with Crippen molar-refractivity contribution in [3.05, 3.63) is 41.0 Å². The number of oxime groups is 1. The monoisotopic (exact) mass is 268 g/mol. The fourth-order valence-corrected chi connectivity index (χ4v) is 2.90. The summed E-state index contributed by atoms with van der Waals surface area (Å²) < 4.78 is 0. The molecule has 0 saturated carbocycles. The Bertz CT molecular complexity index is 763. The largest absolute Gasteiger partial charge is 0.398 e. The van der Waals surface area contributed by atoms with E-state index in [1.54, 1.807) is 11.9 Å². The Morgan fingerprint density at radius 1 is 1.10 bits per heavy atom. The van der Waals surface area contributed by atoms with Gasteiger partial charge >= 0.3 is 0 Å². The van der Waals surface area contributed by atoms with Gasteiger partial charge in [-0.1, -0.05) is 29.4 Å². The molecule has 0 N–H and O–H groups in total. The van der Waals surface area contributed by atoms with Crippen LogP contribution in [0.5, 0.6) is 0 Å². The van der Waals surface area contributed by atoms with Crippen LogP contribution in [0.25, 0.3) is 10.8 Å². The van der Waals surface area contributed by atoms with Gasteiger partial charge in [-0.2, -0.15) is 0 Å². The Morgan fingerprint density at radius 2 is 1.75 bits per heavy atom. The van der Waals surface area contributed by atoms with E-state index < -0.39 is 0 Å². The third-order valence-corrected chi connectivity index (χ3v) is 4.02. The van der Waals surface area contributed by atoms with Crippen molar-refractivity contribution < 1.29 is 9.63 Å². The van der Waals surface area contributed by atoms with Crippen molar-refractivity contribution in [1.29, 1.82) is 0 Å². The number of amides is 1. The van der Waals surface area contributed by atoms with Crippen molar-refractivity contribution in [1.82, 2.24) is 0 Å². The zero-order valence-corrected chi connectivity index (χ0v) is 12.0. The van der Waals surface area contributed by atoms with Crippen LogP contribution in [0.15, 0.2) is 29.4 Å². The van der Waals surface area contributed by atoms with Crippen LogP contribution in [0.2, 0.25) is 0 Å². The highest BCUT2D eigenvalue weighted by molar-refractivity contribution is 6.55. The van der Waals surface area contributed by atoms with E-state index in [1.165, 1.54) is 18.1 Å². The van der Waals surface area contributed by atoms with Crippen LogP contribution in [-0.4, -0.2) is 25.8 Å². The summed E-state index contributed by atoms with van der Waals surface area (Å²) in [5, 5.41) is 6.17. The van der Waals surface area contributed by atoms with Gasteiger partial charge in [-0.15, -0.1) is 0 Å². The fourth-order valence-electron chi connectivity index (χ4n) is 2.90. The van der Waals surface area contributed by atoms with Gasteiger partial charge in [0.15, 0.2) is 5.71 Å². The number of carbonyl (C=O) groups excluding carboxylic acids is 1. The van der Waals surface area contributed by atoms with E-state index in [4.69, 9.17) is 4.84 Å². The number of anilines is 1. The predicted octanol–water partition coefficient (Wildman–Crippen LogP) is 2.78. The molecule has 1 aliphatic heterocycles. The van der Waals surface area contributed by atoms with Gasteiger partial charge < -0.3 is 9.74 Å². The molecule has 0 aliphatic carbocycles. The van der Waals surface area contributed by atoms with E-state index in [2.05, 4.69) is 18.1 Å². The summed E-state index contributed by atoms with van der Waals surface area (Å²) in [6, 6.07) is 8.13. The summed E-state index contributed by atoms with van der Waals surface area (Å²) in [5.74, 6) is -0.124. The van der Waals surface area contributed by atoms with Crippen LogP contribution in [0, 0.1) is 13.8 Å². The SMILES string of the molecule is CO/N=C1\C(=O)N(C)c2c1c(C)c(C)c1ccccc21. The fraction of sp³-hybridized carbons (Fsp3) is 0.250. The molecule has 3 rings (SSSR count). The molecule has 0 fully saturated rings. The number of likely N-dealkylation sites (N-methyl/N-ethyl adjacent to an activating group) is 1. The van der Waals surface area contributed by atoms with Gasteiger partial charge in [-0.25, -0.2) is 0 Å². The Labute approximate surface area is 117 Å². The quantitative estimate of drug-likeness (QED) is 0.746. The molecule has 2 aromatic carbocycles. The number of fused-ring (bicyclic) bond motifs is 3. The Hall–Kier alpha value is -2.36. The second-order valence-electron chi connectivity index (χ2n) is 5.01. The van der Waals surface area contributed by atoms with E-state index in [0.29, 0.717) is 5.71 Å². The van der Waals surface area contributed by atoms with Gasteiger partial charge in [0.1, 0.15) is 7.11 Å². The van der Waals surface area contributed by atoms with Gasteiger partial charge in [0.05, 0.1) is 5.69 Å². The number of hydrogen-bond acceptors (Lipinski definition) is 3. The molecule has 2 aromatic rings. The molecule has 0 saturated heterocycles. The molecular weight excluding hydrogens is 252 g/mol. The van der Waals surface area contributed by atoms with Gasteiger partial charge in [-0.3, -0.25) is 4.79 Å². The number of rotatable bonds is 1. The minimum atomic E-state index is -0.124. The summed E-state index contributed by atoms with van der Waals surface area (Å²) in [7, 11) is 3.24. The Balaban J connectivity index is 2.50. The van der Waals surface area contributed by atoms with Gasteiger partial charge in [-0.05, 0) is 30.4 Å². The second kappa shape index (κ2) is 4.34. The molecular formula is C16H16N2O2. The van der Waals surface area contributed by atoms with Crippen LogP contribution in [0.1, 0.15) is 16.7 Å². The zero-order valence-electron chi connectivity index (χ0n) is 12.0. The highest BCUT2D eigenvalue weighted by atomic mass is 16.6. The number of hydrogen-bond donors (Lipinski definition) is 0. The molecule has 4 nitrogen and oxygen atoms in total. The standard InChI is InChI=1S/C16H16N2O2/c1-9-10(2)13-14(17-20-4)16(19)18(3)15(13)12-8-6-5-7-11(9)12/h5-8H,1-4H3/b17-14-. The Morgan fingerprint density at radius 3 is 2.40 bits per heavy atom. The maximum Gasteiger partial charge on any atom is 0.280 e. The highest BCUT2D eigenvalue weighted by Gasteiger charge is 2.36. The van der Waals surface area contributed by atoms with E-state index in [-0.39, 0.29) is 5.91 Å². The molecule has 1 heterocycles. The lowest BCUT2D eigenvalue weighted by Gasteiger charge is -2.16. The number of benzene rings is 2. The van der Waals surface area contributed by atoms with Crippen molar-refractivity contribution in [2.75, 3.05) is 19.1 Å². The van der Waals surface area contributed by atoms with Crippen LogP contribution < -0.4 is 4.90 Å². The van der Waals surface area contributed by atoms with Crippen LogP contribution >= 0.6 is 0 Å². The number of carbonyl (C=O) groups is 1. The molecule has 0 bridgehead atoms. The third kappa shape index (κ3) is 1.48. The molecule has 20 heavy (non-hydrogen) atoms. The highest BCUT2D eigenvalue weighted by Crippen LogP contribution is 2.40. The lowest BCUT2D eigenvalue weighted by molar-refractivity contribution is -0.112. The van der Waals surface area contributed by atoms with Crippen molar-refractivity contribution in [3.8, 4) is 0 Å². The second-order valence-corrected chi connectivity index (χ2v) is 5.01. The van der Waals surface area contributed by atoms with E-state index >= 15 is 0 Å².